The minimum Gasteiger partial charge on any atom is -0.480 e. The van der Waals surface area contributed by atoms with Gasteiger partial charge in [0.25, 0.3) is 0 Å². The Morgan fingerprint density at radius 1 is 1.36 bits per heavy atom. The zero-order valence-electron chi connectivity index (χ0n) is 12.5. The first-order valence-electron chi connectivity index (χ1n) is 6.96. The quantitative estimate of drug-likeness (QED) is 0.851. The summed E-state index contributed by atoms with van der Waals surface area (Å²) < 4.78 is 27.4. The van der Waals surface area contributed by atoms with Crippen LogP contribution in [0.1, 0.15) is 19.3 Å². The van der Waals surface area contributed by atoms with Crippen LogP contribution in [0.2, 0.25) is 0 Å². The zero-order chi connectivity index (χ0) is 16.5. The molecule has 6 nitrogen and oxygen atoms in total. The molecule has 1 heterocycles. The molecule has 8 heteroatoms. The summed E-state index contributed by atoms with van der Waals surface area (Å²) >= 11 is 3.27. The Morgan fingerprint density at radius 3 is 2.64 bits per heavy atom. The molecule has 0 saturated carbocycles. The SMILES string of the molecule is CN(C)c1ccc(Br)c(S(=O)(=O)N2CCCCC2C(=O)O)c1. The number of carboxylic acid groups (broad SMARTS) is 1. The van der Waals surface area contributed by atoms with E-state index in [1.54, 1.807) is 23.1 Å². The number of piperidine rings is 1. The highest BCUT2D eigenvalue weighted by Gasteiger charge is 2.38. The maximum absolute atomic E-state index is 12.9. The van der Waals surface area contributed by atoms with Gasteiger partial charge in [0.1, 0.15) is 6.04 Å². The van der Waals surface area contributed by atoms with Crippen LogP contribution in [-0.4, -0.2) is 50.5 Å². The summed E-state index contributed by atoms with van der Waals surface area (Å²) in [4.78, 5) is 13.3. The van der Waals surface area contributed by atoms with Gasteiger partial charge in [-0.2, -0.15) is 4.31 Å². The molecule has 1 N–H and O–H groups in total. The van der Waals surface area contributed by atoms with Gasteiger partial charge in [-0.05, 0) is 53.4 Å². The molecular weight excluding hydrogens is 372 g/mol. The average Bonchev–Trinajstić information content (AvgIpc) is 2.47. The summed E-state index contributed by atoms with van der Waals surface area (Å²) in [6, 6.07) is 4.04. The average molecular weight is 391 g/mol. The van der Waals surface area contributed by atoms with Crippen molar-refractivity contribution in [3.05, 3.63) is 22.7 Å². The van der Waals surface area contributed by atoms with Crippen molar-refractivity contribution in [3.63, 3.8) is 0 Å². The van der Waals surface area contributed by atoms with Crippen molar-refractivity contribution in [2.45, 2.75) is 30.2 Å². The van der Waals surface area contributed by atoms with Crippen LogP contribution in [0, 0.1) is 0 Å². The van der Waals surface area contributed by atoms with Gasteiger partial charge in [-0.1, -0.05) is 0 Å². The molecule has 0 amide bonds. The number of carboxylic acids is 1. The van der Waals surface area contributed by atoms with Gasteiger partial charge in [-0.15, -0.1) is 0 Å². The lowest BCUT2D eigenvalue weighted by atomic mass is 10.1. The molecule has 0 aromatic heterocycles. The van der Waals surface area contributed by atoms with E-state index in [0.717, 1.165) is 16.4 Å². The number of carbonyl (C=O) groups is 1. The Labute approximate surface area is 138 Å². The smallest absolute Gasteiger partial charge is 0.322 e. The highest BCUT2D eigenvalue weighted by molar-refractivity contribution is 9.10. The summed E-state index contributed by atoms with van der Waals surface area (Å²) in [7, 11) is -0.224. The molecular formula is C14H19BrN2O4S. The largest absolute Gasteiger partial charge is 0.480 e. The van der Waals surface area contributed by atoms with Crippen molar-refractivity contribution in [3.8, 4) is 0 Å². The number of aliphatic carboxylic acids is 1. The predicted molar refractivity (Wildman–Crippen MR) is 87.6 cm³/mol. The summed E-state index contributed by atoms with van der Waals surface area (Å²) in [6.45, 7) is 0.234. The van der Waals surface area contributed by atoms with E-state index in [0.29, 0.717) is 17.3 Å². The summed E-state index contributed by atoms with van der Waals surface area (Å²) in [5, 5.41) is 9.30. The molecule has 1 aromatic rings. The second-order valence-electron chi connectivity index (χ2n) is 5.47. The number of hydrogen-bond acceptors (Lipinski definition) is 4. The number of sulfonamides is 1. The number of rotatable bonds is 4. The van der Waals surface area contributed by atoms with Crippen molar-refractivity contribution in [1.82, 2.24) is 4.31 Å². The van der Waals surface area contributed by atoms with Crippen LogP contribution in [0.5, 0.6) is 0 Å². The van der Waals surface area contributed by atoms with Crippen molar-refractivity contribution in [2.24, 2.45) is 0 Å². The Bertz CT molecular complexity index is 675. The Morgan fingerprint density at radius 2 is 2.05 bits per heavy atom. The second-order valence-corrected chi connectivity index (χ2v) is 8.19. The van der Waals surface area contributed by atoms with Crippen LogP contribution >= 0.6 is 15.9 Å². The monoisotopic (exact) mass is 390 g/mol. The first-order valence-corrected chi connectivity index (χ1v) is 9.20. The summed E-state index contributed by atoms with van der Waals surface area (Å²) in [6.07, 6.45) is 1.75. The van der Waals surface area contributed by atoms with Crippen LogP contribution in [0.25, 0.3) is 0 Å². The van der Waals surface area contributed by atoms with Crippen molar-refractivity contribution < 1.29 is 18.3 Å². The highest BCUT2D eigenvalue weighted by atomic mass is 79.9. The van der Waals surface area contributed by atoms with E-state index in [9.17, 15) is 18.3 Å². The second kappa shape index (κ2) is 6.55. The standard InChI is InChI=1S/C14H19BrN2O4S/c1-16(2)10-6-7-11(15)13(9-10)22(20,21)17-8-4-3-5-12(17)14(18)19/h6-7,9,12H,3-5,8H2,1-2H3,(H,18,19). The lowest BCUT2D eigenvalue weighted by Crippen LogP contribution is -2.47. The lowest BCUT2D eigenvalue weighted by molar-refractivity contribution is -0.142. The minimum atomic E-state index is -3.86. The maximum Gasteiger partial charge on any atom is 0.322 e. The molecule has 0 spiro atoms. The summed E-state index contributed by atoms with van der Waals surface area (Å²) in [5.41, 5.74) is 0.741. The van der Waals surface area contributed by atoms with E-state index in [4.69, 9.17) is 0 Å². The molecule has 1 unspecified atom stereocenters. The molecule has 1 aliphatic heterocycles. The number of anilines is 1. The van der Waals surface area contributed by atoms with Crippen LogP contribution in [-0.2, 0) is 14.8 Å². The molecule has 1 aromatic carbocycles. The molecule has 0 radical (unpaired) electrons. The van der Waals surface area contributed by atoms with Crippen LogP contribution in [0.3, 0.4) is 0 Å². The first-order chi connectivity index (χ1) is 10.2. The van der Waals surface area contributed by atoms with Gasteiger partial charge in [-0.3, -0.25) is 4.79 Å². The van der Waals surface area contributed by atoms with E-state index < -0.39 is 22.0 Å². The Balaban J connectivity index is 2.49. The van der Waals surface area contributed by atoms with Crippen molar-refractivity contribution in [1.29, 1.82) is 0 Å². The number of halogens is 1. The van der Waals surface area contributed by atoms with E-state index in [1.165, 1.54) is 0 Å². The van der Waals surface area contributed by atoms with Gasteiger partial charge in [0.05, 0.1) is 4.90 Å². The Hall–Kier alpha value is -1.12. The molecule has 0 bridgehead atoms. The molecule has 122 valence electrons. The van der Waals surface area contributed by atoms with E-state index in [2.05, 4.69) is 15.9 Å². The fourth-order valence-electron chi connectivity index (χ4n) is 2.53. The Kier molecular flexibility index (Phi) is 5.14. The third-order valence-electron chi connectivity index (χ3n) is 3.76. The van der Waals surface area contributed by atoms with Crippen LogP contribution in [0.15, 0.2) is 27.6 Å². The van der Waals surface area contributed by atoms with Crippen LogP contribution < -0.4 is 4.90 Å². The number of hydrogen-bond donors (Lipinski definition) is 1. The molecule has 0 aliphatic carbocycles. The molecule has 1 saturated heterocycles. The third-order valence-corrected chi connectivity index (χ3v) is 6.66. The maximum atomic E-state index is 12.9. The van der Waals surface area contributed by atoms with Gasteiger partial charge in [0.2, 0.25) is 10.0 Å². The van der Waals surface area contributed by atoms with Crippen molar-refractivity contribution >= 4 is 37.6 Å². The molecule has 1 aliphatic rings. The summed E-state index contributed by atoms with van der Waals surface area (Å²) in [5.74, 6) is -1.09. The first kappa shape index (κ1) is 17.2. The van der Waals surface area contributed by atoms with Gasteiger partial charge in [0, 0.05) is 30.8 Å². The lowest BCUT2D eigenvalue weighted by Gasteiger charge is -2.32. The van der Waals surface area contributed by atoms with Gasteiger partial charge in [0.15, 0.2) is 0 Å². The minimum absolute atomic E-state index is 0.104. The fraction of sp³-hybridized carbons (Fsp3) is 0.500. The number of benzene rings is 1. The van der Waals surface area contributed by atoms with Gasteiger partial charge < -0.3 is 10.0 Å². The predicted octanol–water partition coefficient (Wildman–Crippen LogP) is 2.14. The van der Waals surface area contributed by atoms with Gasteiger partial charge >= 0.3 is 5.97 Å². The molecule has 1 atom stereocenters. The fourth-order valence-corrected chi connectivity index (χ4v) is 5.13. The normalized spacial score (nSPS) is 19.9. The highest BCUT2D eigenvalue weighted by Crippen LogP contribution is 2.32. The molecule has 1 fully saturated rings. The van der Waals surface area contributed by atoms with E-state index >= 15 is 0 Å². The molecule has 2 rings (SSSR count). The topological polar surface area (TPSA) is 77.9 Å². The van der Waals surface area contributed by atoms with E-state index in [-0.39, 0.29) is 11.4 Å². The number of nitrogens with zero attached hydrogens (tertiary/aromatic N) is 2. The third kappa shape index (κ3) is 3.28. The van der Waals surface area contributed by atoms with Crippen molar-refractivity contribution in [2.75, 3.05) is 25.5 Å². The van der Waals surface area contributed by atoms with Gasteiger partial charge in [-0.25, -0.2) is 8.42 Å². The molecule has 22 heavy (non-hydrogen) atoms. The van der Waals surface area contributed by atoms with E-state index in [1.807, 2.05) is 14.1 Å². The van der Waals surface area contributed by atoms with Crippen LogP contribution in [0.4, 0.5) is 5.69 Å². The zero-order valence-corrected chi connectivity index (χ0v) is 14.9.